The van der Waals surface area contributed by atoms with Crippen molar-refractivity contribution in [1.29, 1.82) is 5.26 Å². The summed E-state index contributed by atoms with van der Waals surface area (Å²) < 4.78 is 9.56. The molecular formula is C65H35N7S2. The van der Waals surface area contributed by atoms with Crippen LogP contribution in [0.25, 0.3) is 145 Å². The van der Waals surface area contributed by atoms with Gasteiger partial charge in [-0.1, -0.05) is 146 Å². The molecule has 0 aliphatic carbocycles. The van der Waals surface area contributed by atoms with Crippen LogP contribution in [-0.4, -0.2) is 24.1 Å². The van der Waals surface area contributed by atoms with E-state index in [9.17, 15) is 5.26 Å². The Kier molecular flexibility index (Phi) is 9.29. The van der Waals surface area contributed by atoms with Crippen LogP contribution in [0.4, 0.5) is 5.69 Å². The van der Waals surface area contributed by atoms with Gasteiger partial charge >= 0.3 is 0 Å². The van der Waals surface area contributed by atoms with Crippen LogP contribution in [0.15, 0.2) is 212 Å². The fraction of sp³-hybridized carbons (Fsp3) is 0. The maximum Gasteiger partial charge on any atom is 0.194 e. The van der Waals surface area contributed by atoms with Crippen molar-refractivity contribution < 1.29 is 0 Å². The van der Waals surface area contributed by atoms with Crippen LogP contribution in [0.1, 0.15) is 5.56 Å². The van der Waals surface area contributed by atoms with Crippen LogP contribution >= 0.6 is 22.7 Å². The molecule has 0 atom stereocenters. The summed E-state index contributed by atoms with van der Waals surface area (Å²) in [6, 6.07) is 75.7. The first-order valence-electron chi connectivity index (χ1n) is 24.3. The molecule has 0 bridgehead atoms. The van der Waals surface area contributed by atoms with Crippen molar-refractivity contribution >= 4 is 112 Å². The molecule has 0 aliphatic rings. The van der Waals surface area contributed by atoms with Crippen molar-refractivity contribution in [2.24, 2.45) is 0 Å². The summed E-state index contributed by atoms with van der Waals surface area (Å²) in [4.78, 5) is 20.3. The minimum absolute atomic E-state index is 0.453. The number of hydrogen-bond acceptors (Lipinski definition) is 6. The molecule has 0 aliphatic heterocycles. The lowest BCUT2D eigenvalue weighted by Crippen LogP contribution is -2.06. The van der Waals surface area contributed by atoms with Gasteiger partial charge in [0.25, 0.3) is 0 Å². The Balaban J connectivity index is 1.03. The topological polar surface area (TPSA) is 76.7 Å². The van der Waals surface area contributed by atoms with Crippen molar-refractivity contribution in [3.8, 4) is 62.7 Å². The van der Waals surface area contributed by atoms with Gasteiger partial charge in [0.15, 0.2) is 23.2 Å². The third-order valence-electron chi connectivity index (χ3n) is 14.5. The Morgan fingerprint density at radius 2 is 0.946 bits per heavy atom. The molecule has 0 N–H and O–H groups in total. The molecule has 7 nitrogen and oxygen atoms in total. The molecule has 0 fully saturated rings. The van der Waals surface area contributed by atoms with Crippen LogP contribution in [0.2, 0.25) is 0 Å². The number of fused-ring (bicyclic) bond motifs is 14. The highest BCUT2D eigenvalue weighted by atomic mass is 32.1. The molecule has 74 heavy (non-hydrogen) atoms. The van der Waals surface area contributed by atoms with E-state index < -0.39 is 0 Å². The highest BCUT2D eigenvalue weighted by molar-refractivity contribution is 7.27. The Morgan fingerprint density at radius 1 is 0.405 bits per heavy atom. The lowest BCUT2D eigenvalue weighted by Gasteiger charge is -2.18. The normalized spacial score (nSPS) is 11.8. The van der Waals surface area contributed by atoms with Gasteiger partial charge < -0.3 is 9.13 Å². The number of rotatable bonds is 6. The van der Waals surface area contributed by atoms with Gasteiger partial charge in [-0.25, -0.2) is 19.8 Å². The molecule has 10 aromatic carbocycles. The number of nitrogens with zero attached hydrogens (tertiary/aromatic N) is 7. The van der Waals surface area contributed by atoms with Gasteiger partial charge in [0.1, 0.15) is 0 Å². The van der Waals surface area contributed by atoms with Crippen molar-refractivity contribution in [3.05, 3.63) is 229 Å². The maximum absolute atomic E-state index is 10.6. The van der Waals surface area contributed by atoms with Crippen molar-refractivity contribution in [2.45, 2.75) is 0 Å². The molecule has 15 rings (SSSR count). The van der Waals surface area contributed by atoms with Gasteiger partial charge in [-0.15, -0.1) is 22.7 Å². The summed E-state index contributed by atoms with van der Waals surface area (Å²) in [6.07, 6.45) is 0. The largest absolute Gasteiger partial charge is 0.308 e. The predicted octanol–water partition coefficient (Wildman–Crippen LogP) is 17.9. The number of hydrogen-bond donors (Lipinski definition) is 0. The summed E-state index contributed by atoms with van der Waals surface area (Å²) in [5.74, 6) is 1.42. The summed E-state index contributed by atoms with van der Waals surface area (Å²) >= 11 is 3.64. The summed E-state index contributed by atoms with van der Waals surface area (Å²) in [6.45, 7) is 8.18. The zero-order valence-electron chi connectivity index (χ0n) is 39.2. The fourth-order valence-corrected chi connectivity index (χ4v) is 13.7. The second kappa shape index (κ2) is 16.4. The summed E-state index contributed by atoms with van der Waals surface area (Å²) in [5.41, 5.74) is 10.9. The number of aromatic nitrogens is 5. The van der Waals surface area contributed by atoms with E-state index in [1.807, 2.05) is 95.5 Å². The van der Waals surface area contributed by atoms with Crippen LogP contribution < -0.4 is 0 Å². The Bertz CT molecular complexity index is 4950. The highest BCUT2D eigenvalue weighted by Crippen LogP contribution is 2.47. The Hall–Kier alpha value is -9.77. The smallest absolute Gasteiger partial charge is 0.194 e. The first-order chi connectivity index (χ1) is 36.6. The van der Waals surface area contributed by atoms with E-state index >= 15 is 0 Å². The molecule has 0 radical (unpaired) electrons. The van der Waals surface area contributed by atoms with Gasteiger partial charge in [0, 0.05) is 78.6 Å². The maximum atomic E-state index is 10.6. The molecule has 9 heteroatoms. The lowest BCUT2D eigenvalue weighted by molar-refractivity contribution is 1.06. The molecular weight excluding hydrogens is 943 g/mol. The second-order valence-electron chi connectivity index (χ2n) is 18.5. The van der Waals surface area contributed by atoms with Crippen LogP contribution in [0.3, 0.4) is 0 Å². The van der Waals surface area contributed by atoms with Gasteiger partial charge in [0.2, 0.25) is 0 Å². The van der Waals surface area contributed by atoms with Gasteiger partial charge in [-0.3, -0.25) is 0 Å². The van der Waals surface area contributed by atoms with E-state index in [-0.39, 0.29) is 0 Å². The van der Waals surface area contributed by atoms with Crippen molar-refractivity contribution in [3.63, 3.8) is 0 Å². The van der Waals surface area contributed by atoms with Crippen LogP contribution in [0, 0.1) is 17.9 Å². The molecule has 0 spiro atoms. The molecule has 15 aromatic rings. The SMILES string of the molecule is [C-]#[N+]c1ccccc1-c1ccc(-n2c3ccccc3c3c4sc5ccccc5c4ccc32)c(-c2nc(-c3ccccc3)nc(-c3ccc(C#N)cc3-n3c4ccccc4c4c5sc6ccccc6c5ccc43)n2)c1. The minimum Gasteiger partial charge on any atom is -0.308 e. The third kappa shape index (κ3) is 6.25. The second-order valence-corrected chi connectivity index (χ2v) is 20.6. The van der Waals surface area contributed by atoms with Crippen LogP contribution in [-0.2, 0) is 0 Å². The van der Waals surface area contributed by atoms with E-state index in [0.29, 0.717) is 28.7 Å². The molecule has 0 unspecified atom stereocenters. The number of thiophene rings is 2. The van der Waals surface area contributed by atoms with E-state index in [0.717, 1.165) is 77.4 Å². The van der Waals surface area contributed by atoms with Crippen LogP contribution in [0.5, 0.6) is 0 Å². The molecule has 0 saturated carbocycles. The molecule has 5 aromatic heterocycles. The summed E-state index contributed by atoms with van der Waals surface area (Å²) in [5, 5.41) is 20.1. The average Bonchev–Trinajstić information content (AvgIpc) is 4.23. The number of benzene rings is 10. The van der Waals surface area contributed by atoms with Gasteiger partial charge in [0.05, 0.1) is 51.6 Å². The summed E-state index contributed by atoms with van der Waals surface area (Å²) in [7, 11) is 0. The fourth-order valence-electron chi connectivity index (χ4n) is 11.2. The minimum atomic E-state index is 0.453. The Morgan fingerprint density at radius 3 is 1.58 bits per heavy atom. The first kappa shape index (κ1) is 42.0. The average molecular weight is 978 g/mol. The molecule has 342 valence electrons. The highest BCUT2D eigenvalue weighted by Gasteiger charge is 2.25. The number of nitriles is 1. The molecule has 5 heterocycles. The van der Waals surface area contributed by atoms with Gasteiger partial charge in [-0.05, 0) is 77.9 Å². The monoisotopic (exact) mass is 977 g/mol. The first-order valence-corrected chi connectivity index (χ1v) is 25.9. The van der Waals surface area contributed by atoms with E-state index in [1.165, 1.54) is 45.7 Å². The lowest BCUT2D eigenvalue weighted by atomic mass is 9.99. The molecule has 0 amide bonds. The predicted molar refractivity (Wildman–Crippen MR) is 307 cm³/mol. The Labute approximate surface area is 431 Å². The van der Waals surface area contributed by atoms with E-state index in [2.05, 4.69) is 160 Å². The third-order valence-corrected chi connectivity index (χ3v) is 16.9. The zero-order chi connectivity index (χ0) is 49.0. The number of para-hydroxylation sites is 3. The van der Waals surface area contributed by atoms with Crippen molar-refractivity contribution in [1.82, 2.24) is 24.1 Å². The quantitative estimate of drug-likeness (QED) is 0.156. The standard InChI is InChI=1S/C65H35N7S2/c1-67-50-22-10-5-17-41(50)40-28-32-53(71-51-23-11-6-20-46(51)59-54(71)33-30-44-42-18-8-13-25-57(42)73-61(44)59)49(36-40)65-69-63(39-15-3-2-4-16-39)68-64(70-65)48-29-27-38(37-66)35-56(48)72-52-24-12-7-21-47(52)60-55(72)34-31-45-43-19-9-14-26-58(43)74-62(45)60/h2-36H. The van der Waals surface area contributed by atoms with E-state index in [1.54, 1.807) is 0 Å². The molecule has 0 saturated heterocycles. The van der Waals surface area contributed by atoms with E-state index in [4.69, 9.17) is 21.5 Å². The zero-order valence-corrected chi connectivity index (χ0v) is 40.8. The van der Waals surface area contributed by atoms with Gasteiger partial charge in [-0.2, -0.15) is 5.26 Å². The van der Waals surface area contributed by atoms with Crippen molar-refractivity contribution in [2.75, 3.05) is 0 Å².